The molecule has 0 bridgehead atoms. The van der Waals surface area contributed by atoms with Crippen molar-refractivity contribution in [2.75, 3.05) is 0 Å². The van der Waals surface area contributed by atoms with E-state index < -0.39 is 0 Å². The third-order valence-electron chi connectivity index (χ3n) is 0.867. The SMILES string of the molecule is [Mo].[SiH3]C1=[C-]CC=C1. The summed E-state index contributed by atoms with van der Waals surface area (Å²) in [5.41, 5.74) is 0. The first kappa shape index (κ1) is 7.39. The van der Waals surface area contributed by atoms with Gasteiger partial charge >= 0.3 is 0 Å². The quantitative estimate of drug-likeness (QED) is 0.373. The number of hydrogen-bond donors (Lipinski definition) is 0. The Bertz CT molecular complexity index is 102. The van der Waals surface area contributed by atoms with Crippen LogP contribution in [0.3, 0.4) is 0 Å². The molecule has 0 aromatic carbocycles. The van der Waals surface area contributed by atoms with Crippen LogP contribution in [0.4, 0.5) is 0 Å². The first-order chi connectivity index (χ1) is 2.89. The fraction of sp³-hybridized carbons (Fsp3) is 0.200. The Hall–Kier alpha value is 0.385. The fourth-order valence-corrected chi connectivity index (χ4v) is 0.954. The summed E-state index contributed by atoms with van der Waals surface area (Å²) in [7, 11) is 1.17. The van der Waals surface area contributed by atoms with Gasteiger partial charge in [0.25, 0.3) is 0 Å². The summed E-state index contributed by atoms with van der Waals surface area (Å²) in [5.74, 6) is 0. The van der Waals surface area contributed by atoms with Crippen LogP contribution in [0.2, 0.25) is 0 Å². The normalized spacial score (nSPS) is 16.3. The predicted molar refractivity (Wildman–Crippen MR) is 30.5 cm³/mol. The van der Waals surface area contributed by atoms with Gasteiger partial charge in [0, 0.05) is 21.1 Å². The van der Waals surface area contributed by atoms with E-state index in [1.807, 2.05) is 0 Å². The van der Waals surface area contributed by atoms with Crippen LogP contribution in [0.15, 0.2) is 17.3 Å². The Balaban J connectivity index is 0.000000360. The molecule has 0 aromatic rings. The summed E-state index contributed by atoms with van der Waals surface area (Å²) >= 11 is 0. The monoisotopic (exact) mass is 193 g/mol. The average Bonchev–Trinajstić information content (AvgIpc) is 1.86. The van der Waals surface area contributed by atoms with Crippen molar-refractivity contribution in [1.29, 1.82) is 0 Å². The van der Waals surface area contributed by atoms with Crippen molar-refractivity contribution in [3.63, 3.8) is 0 Å². The summed E-state index contributed by atoms with van der Waals surface area (Å²) in [6, 6.07) is 0. The van der Waals surface area contributed by atoms with Crippen LogP contribution in [0.5, 0.6) is 0 Å². The van der Waals surface area contributed by atoms with Crippen LogP contribution < -0.4 is 0 Å². The topological polar surface area (TPSA) is 0 Å². The second-order valence-corrected chi connectivity index (χ2v) is 2.54. The summed E-state index contributed by atoms with van der Waals surface area (Å²) < 4.78 is 0. The van der Waals surface area contributed by atoms with Crippen LogP contribution >= 0.6 is 0 Å². The van der Waals surface area contributed by atoms with Gasteiger partial charge in [-0.25, -0.2) is 11.3 Å². The Morgan fingerprint density at radius 1 is 1.71 bits per heavy atom. The molecule has 0 heterocycles. The molecule has 0 saturated carbocycles. The van der Waals surface area contributed by atoms with Crippen molar-refractivity contribution in [3.8, 4) is 0 Å². The molecule has 38 valence electrons. The van der Waals surface area contributed by atoms with E-state index in [4.69, 9.17) is 0 Å². The number of allylic oxidation sites excluding steroid dienone is 4. The molecule has 0 spiro atoms. The molecule has 0 nitrogen and oxygen atoms in total. The second kappa shape index (κ2) is 3.40. The third kappa shape index (κ3) is 2.25. The van der Waals surface area contributed by atoms with Crippen LogP contribution in [-0.2, 0) is 21.1 Å². The average molecular weight is 191 g/mol. The Labute approximate surface area is 61.4 Å². The minimum Gasteiger partial charge on any atom is -0.274 e. The summed E-state index contributed by atoms with van der Waals surface area (Å²) in [5, 5.41) is 1.41. The summed E-state index contributed by atoms with van der Waals surface area (Å²) in [4.78, 5) is 0. The Morgan fingerprint density at radius 2 is 2.43 bits per heavy atom. The molecule has 0 atom stereocenters. The van der Waals surface area contributed by atoms with Gasteiger partial charge in [-0.15, -0.1) is 6.42 Å². The molecule has 1 aliphatic carbocycles. The van der Waals surface area contributed by atoms with Gasteiger partial charge in [0.1, 0.15) is 0 Å². The fourth-order valence-electron chi connectivity index (χ4n) is 0.515. The van der Waals surface area contributed by atoms with Gasteiger partial charge in [-0.2, -0.15) is 6.08 Å². The van der Waals surface area contributed by atoms with Crippen LogP contribution in [-0.4, -0.2) is 10.2 Å². The summed E-state index contributed by atoms with van der Waals surface area (Å²) in [6.07, 6.45) is 8.53. The molecule has 0 radical (unpaired) electrons. The first-order valence-electron chi connectivity index (χ1n) is 2.13. The van der Waals surface area contributed by atoms with Crippen molar-refractivity contribution in [2.45, 2.75) is 6.42 Å². The molecular weight excluding hydrogens is 184 g/mol. The molecule has 1 rings (SSSR count). The van der Waals surface area contributed by atoms with Gasteiger partial charge in [0.05, 0.1) is 0 Å². The van der Waals surface area contributed by atoms with Gasteiger partial charge in [-0.1, -0.05) is 0 Å². The van der Waals surface area contributed by atoms with E-state index in [2.05, 4.69) is 18.2 Å². The van der Waals surface area contributed by atoms with E-state index in [-0.39, 0.29) is 21.1 Å². The van der Waals surface area contributed by atoms with Gasteiger partial charge in [-0.05, 0) is 10.2 Å². The van der Waals surface area contributed by atoms with E-state index in [1.165, 1.54) is 15.4 Å². The van der Waals surface area contributed by atoms with Gasteiger partial charge in [0.2, 0.25) is 0 Å². The van der Waals surface area contributed by atoms with Crippen molar-refractivity contribution >= 4 is 10.2 Å². The van der Waals surface area contributed by atoms with Gasteiger partial charge < -0.3 is 0 Å². The smallest absolute Gasteiger partial charge is 0 e. The van der Waals surface area contributed by atoms with E-state index in [0.29, 0.717) is 0 Å². The Kier molecular flexibility index (Phi) is 3.58. The summed E-state index contributed by atoms with van der Waals surface area (Å²) in [6.45, 7) is 0. The molecular formula is C5H7MoSi-. The standard InChI is InChI=1S/C5H7Si.Mo/c6-5-3-1-2-4-5;/h1,3H,2H2,6H3;/q-1;. The molecule has 0 aliphatic heterocycles. The minimum atomic E-state index is 0. The van der Waals surface area contributed by atoms with Crippen molar-refractivity contribution in [3.05, 3.63) is 23.4 Å². The van der Waals surface area contributed by atoms with E-state index >= 15 is 0 Å². The maximum absolute atomic E-state index is 3.19. The molecule has 0 aromatic heterocycles. The molecule has 2 heteroatoms. The molecule has 0 unspecified atom stereocenters. The van der Waals surface area contributed by atoms with Gasteiger partial charge in [0.15, 0.2) is 0 Å². The van der Waals surface area contributed by atoms with E-state index in [0.717, 1.165) is 6.42 Å². The largest absolute Gasteiger partial charge is 0.274 e. The second-order valence-electron chi connectivity index (χ2n) is 1.47. The molecule has 0 amide bonds. The van der Waals surface area contributed by atoms with Crippen molar-refractivity contribution < 1.29 is 21.1 Å². The molecule has 0 saturated heterocycles. The van der Waals surface area contributed by atoms with Crippen LogP contribution in [0.1, 0.15) is 6.42 Å². The zero-order valence-corrected chi connectivity index (χ0v) is 8.28. The van der Waals surface area contributed by atoms with Crippen molar-refractivity contribution in [1.82, 2.24) is 0 Å². The van der Waals surface area contributed by atoms with Crippen LogP contribution in [0.25, 0.3) is 0 Å². The number of rotatable bonds is 0. The van der Waals surface area contributed by atoms with Crippen molar-refractivity contribution in [2.24, 2.45) is 0 Å². The van der Waals surface area contributed by atoms with Gasteiger partial charge in [-0.3, -0.25) is 6.08 Å². The third-order valence-corrected chi connectivity index (χ3v) is 1.55. The zero-order chi connectivity index (χ0) is 4.41. The number of hydrogen-bond acceptors (Lipinski definition) is 0. The molecule has 0 N–H and O–H groups in total. The minimum absolute atomic E-state index is 0. The predicted octanol–water partition coefficient (Wildman–Crippen LogP) is -0.00371. The maximum Gasteiger partial charge on any atom is 0 e. The molecule has 1 aliphatic rings. The molecule has 7 heavy (non-hydrogen) atoms. The van der Waals surface area contributed by atoms with E-state index in [1.54, 1.807) is 0 Å². The van der Waals surface area contributed by atoms with Crippen LogP contribution in [0, 0.1) is 6.08 Å². The maximum atomic E-state index is 3.19. The zero-order valence-electron chi connectivity index (χ0n) is 4.27. The first-order valence-corrected chi connectivity index (χ1v) is 3.13. The van der Waals surface area contributed by atoms with E-state index in [9.17, 15) is 0 Å². The Morgan fingerprint density at radius 3 is 2.57 bits per heavy atom. The molecule has 0 fully saturated rings.